The molecule has 1 heterocycles. The summed E-state index contributed by atoms with van der Waals surface area (Å²) in [5.41, 5.74) is -6.18. The fourth-order valence-electron chi connectivity index (χ4n) is 8.90. The van der Waals surface area contributed by atoms with Crippen molar-refractivity contribution in [2.75, 3.05) is 6.61 Å². The lowest BCUT2D eigenvalue weighted by Gasteiger charge is -2.69. The second-order valence-electron chi connectivity index (χ2n) is 14.1. The maximum absolute atomic E-state index is 14.1. The highest BCUT2D eigenvalue weighted by molar-refractivity contribution is 5.89. The summed E-state index contributed by atoms with van der Waals surface area (Å²) >= 11 is 0. The Hall–Kier alpha value is -3.81. The molecule has 0 unspecified atom stereocenters. The smallest absolute Gasteiger partial charge is 0.338 e. The number of esters is 5. The molecule has 2 N–H and O–H groups in total. The first-order valence-electron chi connectivity index (χ1n) is 16.0. The largest absolute Gasteiger partial charge is 0.462 e. The van der Waals surface area contributed by atoms with Gasteiger partial charge in [0.25, 0.3) is 0 Å². The van der Waals surface area contributed by atoms with Gasteiger partial charge in [-0.2, -0.15) is 0 Å². The molecule has 3 aliphatic carbocycles. The minimum atomic E-state index is -2.15. The van der Waals surface area contributed by atoms with Crippen molar-refractivity contribution < 1.29 is 62.6 Å². The maximum atomic E-state index is 14.1. The van der Waals surface area contributed by atoms with Crippen LogP contribution in [0.3, 0.4) is 0 Å². The van der Waals surface area contributed by atoms with Crippen LogP contribution in [-0.2, 0) is 47.6 Å². The molecule has 1 aliphatic heterocycles. The van der Waals surface area contributed by atoms with Crippen molar-refractivity contribution in [3.63, 3.8) is 0 Å². The standard InChI is InChI=1S/C35H44O13/c1-17-23(44-18(2)36)15-35(42)30(47-31(41)22-12-10-9-11-13-22)28-33(8,29(46-20(4)38)27(40)26(17)32(35,6)7)24(45-19(3)37)14-25-34(28,16-43-25)48-21(5)39/h9-13,23-25,27-30,40,42H,14-16H2,1-8H3/t23-,24-,25-,27+,28-,29+,30-,33-,34-,35+/m0/s1. The number of rotatable bonds is 6. The summed E-state index contributed by atoms with van der Waals surface area (Å²) in [6.07, 6.45) is -8.33. The molecule has 5 rings (SSSR count). The number of carbonyl (C=O) groups excluding carboxylic acids is 5. The molecule has 13 heteroatoms. The molecule has 13 nitrogen and oxygen atoms in total. The van der Waals surface area contributed by atoms with E-state index < -0.39 is 94.4 Å². The lowest BCUT2D eigenvalue weighted by Crippen LogP contribution is -2.82. The Bertz CT molecular complexity index is 1530. The van der Waals surface area contributed by atoms with Gasteiger partial charge in [-0.3, -0.25) is 19.2 Å². The van der Waals surface area contributed by atoms with Crippen LogP contribution in [0.4, 0.5) is 0 Å². The Balaban J connectivity index is 1.90. The number of carbonyl (C=O) groups is 5. The van der Waals surface area contributed by atoms with Crippen molar-refractivity contribution in [2.45, 2.75) is 116 Å². The van der Waals surface area contributed by atoms with E-state index in [0.29, 0.717) is 5.57 Å². The molecular weight excluding hydrogens is 628 g/mol. The summed E-state index contributed by atoms with van der Waals surface area (Å²) in [6.45, 7) is 11.1. The van der Waals surface area contributed by atoms with Crippen molar-refractivity contribution >= 4 is 29.8 Å². The van der Waals surface area contributed by atoms with Gasteiger partial charge in [-0.25, -0.2) is 4.79 Å². The molecule has 262 valence electrons. The van der Waals surface area contributed by atoms with Crippen molar-refractivity contribution in [3.8, 4) is 0 Å². The zero-order valence-electron chi connectivity index (χ0n) is 28.4. The molecule has 0 amide bonds. The third kappa shape index (κ3) is 5.39. The maximum Gasteiger partial charge on any atom is 0.338 e. The van der Waals surface area contributed by atoms with Crippen LogP contribution in [0.2, 0.25) is 0 Å². The average molecular weight is 673 g/mol. The van der Waals surface area contributed by atoms with Gasteiger partial charge in [0.15, 0.2) is 5.60 Å². The van der Waals surface area contributed by atoms with E-state index in [1.54, 1.807) is 45.9 Å². The first-order valence-corrected chi connectivity index (χ1v) is 16.0. The van der Waals surface area contributed by atoms with Gasteiger partial charge < -0.3 is 38.6 Å². The SMILES string of the molecule is CC(=O)O[C@H]1C[C@@]2(O)[C@@H](OC(=O)c3ccccc3)[C@@H]3[C@]4(OC(C)=O)CO[C@H]4C[C@H](OC(C)=O)[C@]3(C)[C@H](OC(C)=O)[C@H](O)C(=C1C)C2(C)C. The Labute approximate surface area is 278 Å². The third-order valence-electron chi connectivity index (χ3n) is 11.0. The highest BCUT2D eigenvalue weighted by Crippen LogP contribution is 2.66. The van der Waals surface area contributed by atoms with E-state index in [1.165, 1.54) is 32.9 Å². The minimum absolute atomic E-state index is 0.0420. The van der Waals surface area contributed by atoms with Gasteiger partial charge in [-0.15, -0.1) is 0 Å². The van der Waals surface area contributed by atoms with Gasteiger partial charge in [-0.05, 0) is 30.2 Å². The van der Waals surface area contributed by atoms with E-state index in [-0.39, 0.29) is 30.6 Å². The second-order valence-corrected chi connectivity index (χ2v) is 14.1. The number of aliphatic hydroxyl groups is 2. The molecule has 1 saturated heterocycles. The van der Waals surface area contributed by atoms with Crippen LogP contribution >= 0.6 is 0 Å². The van der Waals surface area contributed by atoms with E-state index in [1.807, 2.05) is 0 Å². The summed E-state index contributed by atoms with van der Waals surface area (Å²) in [6, 6.07) is 8.05. The topological polar surface area (TPSA) is 181 Å². The molecule has 3 fully saturated rings. The number of benzene rings is 1. The first-order chi connectivity index (χ1) is 22.3. The Morgan fingerprint density at radius 2 is 1.44 bits per heavy atom. The zero-order valence-corrected chi connectivity index (χ0v) is 28.4. The molecule has 0 aromatic heterocycles. The van der Waals surface area contributed by atoms with Gasteiger partial charge >= 0.3 is 29.8 Å². The number of ether oxygens (including phenoxy) is 6. The highest BCUT2D eigenvalue weighted by atomic mass is 16.6. The van der Waals surface area contributed by atoms with Gasteiger partial charge in [-0.1, -0.05) is 39.0 Å². The van der Waals surface area contributed by atoms with Crippen molar-refractivity contribution in [1.29, 1.82) is 0 Å². The molecular formula is C35H44O13. The van der Waals surface area contributed by atoms with Crippen LogP contribution in [0.15, 0.2) is 41.5 Å². The Kier molecular flexibility index (Phi) is 9.07. The predicted octanol–water partition coefficient (Wildman–Crippen LogP) is 2.59. The molecule has 1 aromatic carbocycles. The predicted molar refractivity (Wildman–Crippen MR) is 165 cm³/mol. The minimum Gasteiger partial charge on any atom is -0.462 e. The quantitative estimate of drug-likeness (QED) is 0.256. The monoisotopic (exact) mass is 672 g/mol. The van der Waals surface area contributed by atoms with E-state index in [4.69, 9.17) is 28.4 Å². The van der Waals surface area contributed by atoms with Crippen LogP contribution < -0.4 is 0 Å². The molecule has 2 bridgehead atoms. The van der Waals surface area contributed by atoms with Crippen LogP contribution in [0.5, 0.6) is 0 Å². The number of fused-ring (bicyclic) bond motifs is 5. The van der Waals surface area contributed by atoms with Crippen molar-refractivity contribution in [1.82, 2.24) is 0 Å². The van der Waals surface area contributed by atoms with Gasteiger partial charge in [0.2, 0.25) is 0 Å². The van der Waals surface area contributed by atoms with Crippen LogP contribution in [0, 0.1) is 16.7 Å². The number of hydrogen-bond donors (Lipinski definition) is 2. The summed E-state index contributed by atoms with van der Waals surface area (Å²) in [7, 11) is 0. The van der Waals surface area contributed by atoms with E-state index >= 15 is 0 Å². The molecule has 4 aliphatic rings. The third-order valence-corrected chi connectivity index (χ3v) is 11.0. The average Bonchev–Trinajstić information content (AvgIpc) is 2.97. The Morgan fingerprint density at radius 1 is 0.833 bits per heavy atom. The number of hydrogen-bond acceptors (Lipinski definition) is 13. The van der Waals surface area contributed by atoms with Gasteiger partial charge in [0, 0.05) is 46.0 Å². The Morgan fingerprint density at radius 3 is 1.96 bits per heavy atom. The van der Waals surface area contributed by atoms with Crippen molar-refractivity contribution in [2.24, 2.45) is 16.7 Å². The molecule has 48 heavy (non-hydrogen) atoms. The number of aliphatic hydroxyl groups excluding tert-OH is 1. The van der Waals surface area contributed by atoms with Crippen LogP contribution in [-0.4, -0.2) is 94.5 Å². The molecule has 0 spiro atoms. The zero-order chi connectivity index (χ0) is 35.6. The summed E-state index contributed by atoms with van der Waals surface area (Å²) < 4.78 is 36.0. The lowest BCUT2D eigenvalue weighted by atomic mass is 9.44. The van der Waals surface area contributed by atoms with Crippen molar-refractivity contribution in [3.05, 3.63) is 47.0 Å². The fraction of sp³-hybridized carbons (Fsp3) is 0.629. The van der Waals surface area contributed by atoms with E-state index in [2.05, 4.69) is 0 Å². The highest BCUT2D eigenvalue weighted by Gasteiger charge is 2.79. The summed E-state index contributed by atoms with van der Waals surface area (Å²) in [5.74, 6) is -5.02. The lowest BCUT2D eigenvalue weighted by molar-refractivity contribution is -0.365. The first kappa shape index (κ1) is 35.5. The van der Waals surface area contributed by atoms with Crippen LogP contribution in [0.25, 0.3) is 0 Å². The molecule has 0 radical (unpaired) electrons. The molecule has 2 saturated carbocycles. The normalized spacial score (nSPS) is 38.0. The second kappa shape index (κ2) is 12.3. The summed E-state index contributed by atoms with van der Waals surface area (Å²) in [5, 5.41) is 25.7. The summed E-state index contributed by atoms with van der Waals surface area (Å²) in [4.78, 5) is 64.8. The van der Waals surface area contributed by atoms with Gasteiger partial charge in [0.1, 0.15) is 42.2 Å². The van der Waals surface area contributed by atoms with Gasteiger partial charge in [0.05, 0.1) is 23.5 Å². The molecule has 10 atom stereocenters. The molecule has 1 aromatic rings. The fourth-order valence-corrected chi connectivity index (χ4v) is 8.90. The van der Waals surface area contributed by atoms with E-state index in [9.17, 15) is 34.2 Å². The van der Waals surface area contributed by atoms with Crippen LogP contribution in [0.1, 0.15) is 78.6 Å². The van der Waals surface area contributed by atoms with E-state index in [0.717, 1.165) is 6.92 Å².